The Morgan fingerprint density at radius 3 is 2.68 bits per heavy atom. The van der Waals surface area contributed by atoms with E-state index in [2.05, 4.69) is 5.32 Å². The normalized spacial score (nSPS) is 10.0. The SMILES string of the molecule is COc1ccccc1NC(=O)c1ccc(Cl)cc1O. The lowest BCUT2D eigenvalue weighted by atomic mass is 10.2. The van der Waals surface area contributed by atoms with Crippen LogP contribution in [0.3, 0.4) is 0 Å². The number of ether oxygens (including phenoxy) is 1. The highest BCUT2D eigenvalue weighted by Gasteiger charge is 2.13. The molecule has 0 aromatic heterocycles. The molecule has 0 radical (unpaired) electrons. The van der Waals surface area contributed by atoms with Crippen molar-refractivity contribution < 1.29 is 14.6 Å². The number of amides is 1. The number of nitrogens with one attached hydrogen (secondary N) is 1. The van der Waals surface area contributed by atoms with E-state index in [-0.39, 0.29) is 11.3 Å². The van der Waals surface area contributed by atoms with Crippen LogP contribution in [0.25, 0.3) is 0 Å². The number of rotatable bonds is 3. The smallest absolute Gasteiger partial charge is 0.259 e. The average molecular weight is 278 g/mol. The Labute approximate surface area is 115 Å². The third kappa shape index (κ3) is 2.98. The number of aromatic hydroxyl groups is 1. The molecule has 98 valence electrons. The summed E-state index contributed by atoms with van der Waals surface area (Å²) in [5, 5.41) is 12.7. The van der Waals surface area contributed by atoms with Crippen LogP contribution in [0.15, 0.2) is 42.5 Å². The van der Waals surface area contributed by atoms with E-state index in [0.717, 1.165) is 0 Å². The van der Waals surface area contributed by atoms with E-state index in [1.54, 1.807) is 30.3 Å². The van der Waals surface area contributed by atoms with E-state index in [4.69, 9.17) is 16.3 Å². The Balaban J connectivity index is 2.26. The molecule has 0 fully saturated rings. The predicted molar refractivity (Wildman–Crippen MR) is 74.1 cm³/mol. The molecular formula is C14H12ClNO3. The van der Waals surface area contributed by atoms with Crippen molar-refractivity contribution in [2.45, 2.75) is 0 Å². The first kappa shape index (κ1) is 13.2. The van der Waals surface area contributed by atoms with Crippen molar-refractivity contribution in [3.63, 3.8) is 0 Å². The zero-order valence-electron chi connectivity index (χ0n) is 10.2. The van der Waals surface area contributed by atoms with Gasteiger partial charge in [0, 0.05) is 5.02 Å². The summed E-state index contributed by atoms with van der Waals surface area (Å²) in [6, 6.07) is 11.3. The van der Waals surface area contributed by atoms with Gasteiger partial charge in [-0.25, -0.2) is 0 Å². The first-order chi connectivity index (χ1) is 9.11. The molecule has 19 heavy (non-hydrogen) atoms. The first-order valence-electron chi connectivity index (χ1n) is 5.54. The molecule has 0 atom stereocenters. The van der Waals surface area contributed by atoms with Crippen LogP contribution in [0, 0.1) is 0 Å². The van der Waals surface area contributed by atoms with E-state index in [1.165, 1.54) is 19.2 Å². The maximum Gasteiger partial charge on any atom is 0.259 e. The molecule has 0 aliphatic carbocycles. The summed E-state index contributed by atoms with van der Waals surface area (Å²) in [5.74, 6) is -0.0529. The van der Waals surface area contributed by atoms with Crippen molar-refractivity contribution in [2.75, 3.05) is 12.4 Å². The molecule has 0 spiro atoms. The van der Waals surface area contributed by atoms with Crippen molar-refractivity contribution in [2.24, 2.45) is 0 Å². The van der Waals surface area contributed by atoms with Gasteiger partial charge in [0.1, 0.15) is 11.5 Å². The van der Waals surface area contributed by atoms with Gasteiger partial charge in [-0.1, -0.05) is 23.7 Å². The number of phenols is 1. The van der Waals surface area contributed by atoms with Gasteiger partial charge in [-0.05, 0) is 30.3 Å². The van der Waals surface area contributed by atoms with E-state index in [9.17, 15) is 9.90 Å². The topological polar surface area (TPSA) is 58.6 Å². The van der Waals surface area contributed by atoms with Crippen LogP contribution in [0.1, 0.15) is 10.4 Å². The van der Waals surface area contributed by atoms with Crippen molar-refractivity contribution >= 4 is 23.2 Å². The van der Waals surface area contributed by atoms with E-state index in [1.807, 2.05) is 0 Å². The van der Waals surface area contributed by atoms with Gasteiger partial charge in [0.2, 0.25) is 0 Å². The Bertz CT molecular complexity index is 613. The molecule has 2 aromatic carbocycles. The lowest BCUT2D eigenvalue weighted by molar-refractivity contribution is 0.102. The number of para-hydroxylation sites is 2. The quantitative estimate of drug-likeness (QED) is 0.905. The molecule has 0 unspecified atom stereocenters. The van der Waals surface area contributed by atoms with Gasteiger partial charge in [0.25, 0.3) is 5.91 Å². The highest BCUT2D eigenvalue weighted by molar-refractivity contribution is 6.31. The van der Waals surface area contributed by atoms with Gasteiger partial charge in [0.15, 0.2) is 0 Å². The highest BCUT2D eigenvalue weighted by Crippen LogP contribution is 2.26. The Kier molecular flexibility index (Phi) is 3.92. The fraction of sp³-hybridized carbons (Fsp3) is 0.0714. The van der Waals surface area contributed by atoms with Crippen molar-refractivity contribution in [1.29, 1.82) is 0 Å². The number of phenolic OH excluding ortho intramolecular Hbond substituents is 1. The van der Waals surface area contributed by atoms with Crippen LogP contribution < -0.4 is 10.1 Å². The second-order valence-corrected chi connectivity index (χ2v) is 4.25. The number of anilines is 1. The maximum absolute atomic E-state index is 12.0. The third-order valence-corrected chi connectivity index (χ3v) is 2.79. The highest BCUT2D eigenvalue weighted by atomic mass is 35.5. The van der Waals surface area contributed by atoms with Crippen molar-refractivity contribution in [3.8, 4) is 11.5 Å². The fourth-order valence-electron chi connectivity index (χ4n) is 1.63. The van der Waals surface area contributed by atoms with E-state index < -0.39 is 5.91 Å². The summed E-state index contributed by atoms with van der Waals surface area (Å²) < 4.78 is 5.13. The molecule has 2 aromatic rings. The van der Waals surface area contributed by atoms with Crippen LogP contribution in [0.5, 0.6) is 11.5 Å². The van der Waals surface area contributed by atoms with Gasteiger partial charge in [0.05, 0.1) is 18.4 Å². The molecule has 0 aliphatic rings. The van der Waals surface area contributed by atoms with E-state index in [0.29, 0.717) is 16.5 Å². The molecule has 4 nitrogen and oxygen atoms in total. The van der Waals surface area contributed by atoms with Crippen LogP contribution in [0.2, 0.25) is 5.02 Å². The second kappa shape index (κ2) is 5.63. The second-order valence-electron chi connectivity index (χ2n) is 3.82. The number of methoxy groups -OCH3 is 1. The standard InChI is InChI=1S/C14H12ClNO3/c1-19-13-5-3-2-4-11(13)16-14(18)10-7-6-9(15)8-12(10)17/h2-8,17H,1H3,(H,16,18). The van der Waals surface area contributed by atoms with Crippen LogP contribution in [-0.4, -0.2) is 18.1 Å². The Morgan fingerprint density at radius 2 is 2.00 bits per heavy atom. The zero-order chi connectivity index (χ0) is 13.8. The first-order valence-corrected chi connectivity index (χ1v) is 5.92. The van der Waals surface area contributed by atoms with E-state index >= 15 is 0 Å². The zero-order valence-corrected chi connectivity index (χ0v) is 10.9. The summed E-state index contributed by atoms with van der Waals surface area (Å²) in [5.41, 5.74) is 0.680. The summed E-state index contributed by atoms with van der Waals surface area (Å²) >= 11 is 5.72. The largest absolute Gasteiger partial charge is 0.507 e. The summed E-state index contributed by atoms with van der Waals surface area (Å²) in [6.07, 6.45) is 0. The lowest BCUT2D eigenvalue weighted by Crippen LogP contribution is -2.12. The minimum atomic E-state index is -0.432. The molecule has 0 heterocycles. The molecule has 1 amide bonds. The number of carbonyl (C=O) groups excluding carboxylic acids is 1. The average Bonchev–Trinajstić information content (AvgIpc) is 2.39. The number of hydrogen-bond donors (Lipinski definition) is 2. The molecule has 0 saturated heterocycles. The monoisotopic (exact) mass is 277 g/mol. The number of carbonyl (C=O) groups is 1. The predicted octanol–water partition coefficient (Wildman–Crippen LogP) is 3.31. The van der Waals surface area contributed by atoms with Gasteiger partial charge in [-0.3, -0.25) is 4.79 Å². The molecule has 0 bridgehead atoms. The Hall–Kier alpha value is -2.20. The van der Waals surface area contributed by atoms with Crippen LogP contribution in [-0.2, 0) is 0 Å². The van der Waals surface area contributed by atoms with Gasteiger partial charge < -0.3 is 15.2 Å². The molecule has 5 heteroatoms. The Morgan fingerprint density at radius 1 is 1.26 bits per heavy atom. The molecular weight excluding hydrogens is 266 g/mol. The number of benzene rings is 2. The van der Waals surface area contributed by atoms with Crippen molar-refractivity contribution in [1.82, 2.24) is 0 Å². The molecule has 2 N–H and O–H groups in total. The molecule has 0 saturated carbocycles. The summed E-state index contributed by atoms with van der Waals surface area (Å²) in [4.78, 5) is 12.0. The van der Waals surface area contributed by atoms with Crippen LogP contribution in [0.4, 0.5) is 5.69 Å². The van der Waals surface area contributed by atoms with Gasteiger partial charge >= 0.3 is 0 Å². The molecule has 2 rings (SSSR count). The maximum atomic E-state index is 12.0. The minimum absolute atomic E-state index is 0.148. The fourth-order valence-corrected chi connectivity index (χ4v) is 1.80. The minimum Gasteiger partial charge on any atom is -0.507 e. The van der Waals surface area contributed by atoms with Gasteiger partial charge in [-0.15, -0.1) is 0 Å². The van der Waals surface area contributed by atoms with Crippen LogP contribution >= 0.6 is 11.6 Å². The lowest BCUT2D eigenvalue weighted by Gasteiger charge is -2.10. The summed E-state index contributed by atoms with van der Waals surface area (Å²) in [7, 11) is 1.52. The van der Waals surface area contributed by atoms with Gasteiger partial charge in [-0.2, -0.15) is 0 Å². The van der Waals surface area contributed by atoms with Crippen molar-refractivity contribution in [3.05, 3.63) is 53.1 Å². The summed E-state index contributed by atoms with van der Waals surface area (Å²) in [6.45, 7) is 0. The number of halogens is 1. The molecule has 0 aliphatic heterocycles. The number of hydrogen-bond acceptors (Lipinski definition) is 3. The third-order valence-electron chi connectivity index (χ3n) is 2.56.